The Morgan fingerprint density at radius 2 is 1.67 bits per heavy atom. The number of nitro groups is 1. The van der Waals surface area contributed by atoms with E-state index < -0.39 is 27.4 Å². The minimum absolute atomic E-state index is 0.178. The number of nitrogens with zero attached hydrogens (tertiary/aromatic N) is 2. The molecule has 36 heavy (non-hydrogen) atoms. The number of methoxy groups -OCH3 is 1. The Morgan fingerprint density at radius 3 is 2.25 bits per heavy atom. The van der Waals surface area contributed by atoms with Crippen LogP contribution in [0.3, 0.4) is 0 Å². The molecule has 11 heteroatoms. The molecule has 0 heterocycles. The van der Waals surface area contributed by atoms with Gasteiger partial charge in [0.2, 0.25) is 5.91 Å². The number of ether oxygens (including phenoxy) is 2. The topological polar surface area (TPSA) is 128 Å². The smallest absolute Gasteiger partial charge is 0.273 e. The van der Waals surface area contributed by atoms with E-state index in [-0.39, 0.29) is 22.8 Å². The highest BCUT2D eigenvalue weighted by atomic mass is 32.2. The summed E-state index contributed by atoms with van der Waals surface area (Å²) in [4.78, 5) is 23.3. The zero-order chi connectivity index (χ0) is 26.3. The van der Waals surface area contributed by atoms with Gasteiger partial charge >= 0.3 is 0 Å². The summed E-state index contributed by atoms with van der Waals surface area (Å²) in [6, 6.07) is 16.9. The van der Waals surface area contributed by atoms with E-state index in [4.69, 9.17) is 9.47 Å². The molecule has 10 nitrogen and oxygen atoms in total. The van der Waals surface area contributed by atoms with Gasteiger partial charge < -0.3 is 14.8 Å². The first-order chi connectivity index (χ1) is 17.1. The molecule has 1 amide bonds. The highest BCUT2D eigenvalue weighted by Gasteiger charge is 2.29. The summed E-state index contributed by atoms with van der Waals surface area (Å²) in [6.07, 6.45) is 0. The number of hydrogen-bond donors (Lipinski definition) is 1. The fourth-order valence-corrected chi connectivity index (χ4v) is 4.84. The van der Waals surface area contributed by atoms with Crippen LogP contribution >= 0.6 is 0 Å². The van der Waals surface area contributed by atoms with Gasteiger partial charge in [0.15, 0.2) is 0 Å². The zero-order valence-electron chi connectivity index (χ0n) is 20.1. The molecule has 0 aromatic heterocycles. The molecule has 3 rings (SSSR count). The van der Waals surface area contributed by atoms with Crippen LogP contribution in [0.15, 0.2) is 71.6 Å². The van der Waals surface area contributed by atoms with Crippen LogP contribution in [0, 0.1) is 17.0 Å². The molecule has 1 N–H and O–H groups in total. The number of sulfonamides is 1. The van der Waals surface area contributed by atoms with Gasteiger partial charge in [0.1, 0.15) is 18.0 Å². The maximum atomic E-state index is 13.6. The van der Waals surface area contributed by atoms with Crippen LogP contribution < -0.4 is 19.1 Å². The van der Waals surface area contributed by atoms with Gasteiger partial charge in [-0.1, -0.05) is 18.2 Å². The molecule has 0 atom stereocenters. The van der Waals surface area contributed by atoms with E-state index in [2.05, 4.69) is 5.32 Å². The summed E-state index contributed by atoms with van der Waals surface area (Å²) in [5.41, 5.74) is 1.00. The van der Waals surface area contributed by atoms with Crippen LogP contribution in [0.4, 0.5) is 11.4 Å². The molecule has 3 aromatic carbocycles. The van der Waals surface area contributed by atoms with Gasteiger partial charge in [0.25, 0.3) is 15.7 Å². The second-order valence-corrected chi connectivity index (χ2v) is 9.63. The molecular formula is C25H27N3O7S. The van der Waals surface area contributed by atoms with Gasteiger partial charge in [-0.3, -0.25) is 19.2 Å². The van der Waals surface area contributed by atoms with Crippen molar-refractivity contribution in [3.05, 3.63) is 88.0 Å². The molecule has 0 bridgehead atoms. The summed E-state index contributed by atoms with van der Waals surface area (Å²) < 4.78 is 38.6. The summed E-state index contributed by atoms with van der Waals surface area (Å²) >= 11 is 0. The number of hydrogen-bond acceptors (Lipinski definition) is 7. The molecule has 0 fully saturated rings. The van der Waals surface area contributed by atoms with Crippen molar-refractivity contribution in [1.82, 2.24) is 5.32 Å². The van der Waals surface area contributed by atoms with Gasteiger partial charge in [0, 0.05) is 18.2 Å². The Kier molecular flexibility index (Phi) is 8.49. The fraction of sp³-hybridized carbons (Fsp3) is 0.240. The summed E-state index contributed by atoms with van der Waals surface area (Å²) in [5.74, 6) is 0.656. The summed E-state index contributed by atoms with van der Waals surface area (Å²) in [6.45, 7) is 3.58. The molecule has 0 saturated carbocycles. The average molecular weight is 514 g/mol. The first-order valence-corrected chi connectivity index (χ1v) is 12.5. The van der Waals surface area contributed by atoms with Crippen LogP contribution in [0.2, 0.25) is 0 Å². The van der Waals surface area contributed by atoms with Crippen molar-refractivity contribution in [2.45, 2.75) is 25.3 Å². The first-order valence-electron chi connectivity index (χ1n) is 11.1. The predicted molar refractivity (Wildman–Crippen MR) is 135 cm³/mol. The number of aryl methyl sites for hydroxylation is 1. The third-order valence-corrected chi connectivity index (χ3v) is 7.11. The van der Waals surface area contributed by atoms with Crippen LogP contribution in [0.5, 0.6) is 11.5 Å². The largest absolute Gasteiger partial charge is 0.497 e. The van der Waals surface area contributed by atoms with E-state index in [0.29, 0.717) is 23.7 Å². The summed E-state index contributed by atoms with van der Waals surface area (Å²) in [5, 5.41) is 14.1. The number of anilines is 1. The van der Waals surface area contributed by atoms with E-state index in [1.165, 1.54) is 38.3 Å². The molecule has 3 aromatic rings. The third-order valence-electron chi connectivity index (χ3n) is 5.34. The quantitative estimate of drug-likeness (QED) is 0.305. The van der Waals surface area contributed by atoms with E-state index in [9.17, 15) is 23.3 Å². The highest BCUT2D eigenvalue weighted by Crippen LogP contribution is 2.29. The second kappa shape index (κ2) is 11.5. The van der Waals surface area contributed by atoms with Gasteiger partial charge in [-0.25, -0.2) is 8.42 Å². The Labute approximate surface area is 209 Å². The molecule has 0 aliphatic rings. The second-order valence-electron chi connectivity index (χ2n) is 7.77. The number of nitro benzene ring substituents is 1. The van der Waals surface area contributed by atoms with E-state index in [1.807, 2.05) is 6.92 Å². The zero-order valence-corrected chi connectivity index (χ0v) is 20.9. The lowest BCUT2D eigenvalue weighted by atomic mass is 10.2. The van der Waals surface area contributed by atoms with Crippen molar-refractivity contribution in [2.24, 2.45) is 0 Å². The molecule has 0 spiro atoms. The number of rotatable bonds is 11. The predicted octanol–water partition coefficient (Wildman–Crippen LogP) is 3.82. The molecule has 190 valence electrons. The molecule has 0 unspecified atom stereocenters. The minimum Gasteiger partial charge on any atom is -0.497 e. The van der Waals surface area contributed by atoms with Crippen LogP contribution in [-0.2, 0) is 21.4 Å². The van der Waals surface area contributed by atoms with Crippen molar-refractivity contribution in [3.63, 3.8) is 0 Å². The summed E-state index contributed by atoms with van der Waals surface area (Å²) in [7, 11) is -2.85. The normalized spacial score (nSPS) is 11.0. The number of carbonyl (C=O) groups excluding carboxylic acids is 1. The Balaban J connectivity index is 1.87. The molecule has 0 aliphatic carbocycles. The number of benzene rings is 3. The Bertz CT molecular complexity index is 1320. The Hall–Kier alpha value is -4.12. The van der Waals surface area contributed by atoms with Crippen LogP contribution in [0.25, 0.3) is 0 Å². The SMILES string of the molecule is CCOc1ccc(CNC(=O)CN(c2ccc(OC)cc2)S(=O)(=O)c2ccc(C)c([N+](=O)[O-])c2)cc1. The minimum atomic E-state index is -4.33. The van der Waals surface area contributed by atoms with Gasteiger partial charge in [0.05, 0.1) is 29.2 Å². The monoisotopic (exact) mass is 513 g/mol. The number of nitrogens with one attached hydrogen (secondary N) is 1. The maximum absolute atomic E-state index is 13.6. The lowest BCUT2D eigenvalue weighted by Gasteiger charge is -2.24. The van der Waals surface area contributed by atoms with E-state index in [0.717, 1.165) is 15.9 Å². The van der Waals surface area contributed by atoms with Crippen molar-refractivity contribution in [3.8, 4) is 11.5 Å². The highest BCUT2D eigenvalue weighted by molar-refractivity contribution is 7.92. The first kappa shape index (κ1) is 26.5. The van der Waals surface area contributed by atoms with E-state index in [1.54, 1.807) is 36.4 Å². The fourth-order valence-electron chi connectivity index (χ4n) is 3.39. The lowest BCUT2D eigenvalue weighted by Crippen LogP contribution is -2.40. The van der Waals surface area contributed by atoms with Crippen molar-refractivity contribution < 1.29 is 27.6 Å². The molecule has 0 aliphatic heterocycles. The standard InChI is InChI=1S/C25H27N3O7S/c1-4-35-22-10-6-19(7-11-22)16-26-25(29)17-27(20-8-12-21(34-3)13-9-20)36(32,33)23-14-5-18(2)24(15-23)28(30)31/h5-15H,4,16-17H2,1-3H3,(H,26,29). The van der Waals surface area contributed by atoms with Gasteiger partial charge in [-0.15, -0.1) is 0 Å². The van der Waals surface area contributed by atoms with Crippen molar-refractivity contribution in [2.75, 3.05) is 24.6 Å². The maximum Gasteiger partial charge on any atom is 0.273 e. The molecule has 0 saturated heterocycles. The van der Waals surface area contributed by atoms with Gasteiger partial charge in [-0.2, -0.15) is 0 Å². The van der Waals surface area contributed by atoms with Crippen molar-refractivity contribution >= 4 is 27.3 Å². The van der Waals surface area contributed by atoms with Crippen molar-refractivity contribution in [1.29, 1.82) is 0 Å². The number of carbonyl (C=O) groups is 1. The third kappa shape index (κ3) is 6.30. The average Bonchev–Trinajstić information content (AvgIpc) is 2.87. The Morgan fingerprint density at radius 1 is 1.03 bits per heavy atom. The van der Waals surface area contributed by atoms with Gasteiger partial charge in [-0.05, 0) is 61.9 Å². The van der Waals surface area contributed by atoms with Crippen LogP contribution in [0.1, 0.15) is 18.1 Å². The van der Waals surface area contributed by atoms with E-state index >= 15 is 0 Å². The number of amides is 1. The lowest BCUT2D eigenvalue weighted by molar-refractivity contribution is -0.385. The molecule has 0 radical (unpaired) electrons. The van der Waals surface area contributed by atoms with Crippen LogP contribution in [-0.4, -0.2) is 39.5 Å². The molecular weight excluding hydrogens is 486 g/mol.